The van der Waals surface area contributed by atoms with Gasteiger partial charge < -0.3 is 0 Å². The predicted octanol–water partition coefficient (Wildman–Crippen LogP) is 2.91. The van der Waals surface area contributed by atoms with Crippen molar-refractivity contribution >= 4 is 5.84 Å². The molecule has 86 valence electrons. The van der Waals surface area contributed by atoms with E-state index in [1.807, 2.05) is 34.3 Å². The van der Waals surface area contributed by atoms with Gasteiger partial charge in [-0.05, 0) is 24.0 Å². The van der Waals surface area contributed by atoms with Gasteiger partial charge >= 0.3 is 0 Å². The second-order valence-electron chi connectivity index (χ2n) is 5.38. The van der Waals surface area contributed by atoms with Gasteiger partial charge in [-0.25, -0.2) is 5.01 Å². The van der Waals surface area contributed by atoms with E-state index in [4.69, 9.17) is 0 Å². The Morgan fingerprint density at radius 2 is 2.06 bits per heavy atom. The highest BCUT2D eigenvalue weighted by Gasteiger charge is 2.25. The Hall–Kier alpha value is -1.51. The molecule has 0 aliphatic carbocycles. The third kappa shape index (κ3) is 2.18. The fraction of sp³-hybridized carbons (Fsp3) is 0.462. The van der Waals surface area contributed by atoms with Crippen LogP contribution in [-0.2, 0) is 0 Å². The van der Waals surface area contributed by atoms with E-state index in [0.29, 0.717) is 5.41 Å². The molecule has 3 heteroatoms. The summed E-state index contributed by atoms with van der Waals surface area (Å²) < 4.78 is 0. The molecule has 0 unspecified atom stereocenters. The van der Waals surface area contributed by atoms with Gasteiger partial charge in [0.1, 0.15) is 5.82 Å². The van der Waals surface area contributed by atoms with Crippen molar-refractivity contribution in [3.8, 4) is 0 Å². The largest absolute Gasteiger partial charge is 0.285 e. The maximum Gasteiger partial charge on any atom is 0.158 e. The normalized spacial score (nSPS) is 19.2. The number of rotatable bonds is 2. The van der Waals surface area contributed by atoms with Crippen LogP contribution in [0.2, 0.25) is 0 Å². The van der Waals surface area contributed by atoms with Gasteiger partial charge in [-0.3, -0.25) is 4.90 Å². The van der Waals surface area contributed by atoms with Gasteiger partial charge in [0.2, 0.25) is 0 Å². The van der Waals surface area contributed by atoms with Gasteiger partial charge in [0, 0.05) is 12.7 Å². The van der Waals surface area contributed by atoms with Gasteiger partial charge in [-0.15, -0.1) is 0 Å². The fourth-order valence-corrected chi connectivity index (χ4v) is 1.66. The van der Waals surface area contributed by atoms with E-state index < -0.39 is 0 Å². The molecule has 2 aliphatic heterocycles. The van der Waals surface area contributed by atoms with Gasteiger partial charge in [0.25, 0.3) is 0 Å². The van der Waals surface area contributed by atoms with Gasteiger partial charge in [-0.1, -0.05) is 33.4 Å². The van der Waals surface area contributed by atoms with E-state index in [2.05, 4.69) is 32.5 Å². The lowest BCUT2D eigenvalue weighted by molar-refractivity contribution is 0.271. The molecule has 16 heavy (non-hydrogen) atoms. The molecule has 2 rings (SSSR count). The smallest absolute Gasteiger partial charge is 0.158 e. The molecule has 0 spiro atoms. The molecule has 0 N–H and O–H groups in total. The van der Waals surface area contributed by atoms with Crippen LogP contribution in [0, 0.1) is 5.41 Å². The topological polar surface area (TPSA) is 18.8 Å². The summed E-state index contributed by atoms with van der Waals surface area (Å²) in [5.74, 6) is 1.90. The molecule has 0 bridgehead atoms. The summed E-state index contributed by atoms with van der Waals surface area (Å²) in [7, 11) is 0. The zero-order valence-corrected chi connectivity index (χ0v) is 10.3. The third-order valence-corrected chi connectivity index (χ3v) is 2.71. The molecule has 2 heterocycles. The first-order valence-electron chi connectivity index (χ1n) is 5.66. The molecule has 0 aromatic carbocycles. The van der Waals surface area contributed by atoms with E-state index in [9.17, 15) is 0 Å². The van der Waals surface area contributed by atoms with Gasteiger partial charge in [0.15, 0.2) is 5.84 Å². The maximum atomic E-state index is 4.53. The van der Waals surface area contributed by atoms with Crippen molar-refractivity contribution in [2.45, 2.75) is 27.2 Å². The standard InChI is InChI=1S/C13H19N3/c1-11-15-9-6-5-7-12(15)14-16(11)10-8-13(2,3)4/h5-7,9H,1,8,10H2,2-4H3. The minimum absolute atomic E-state index is 0.329. The quantitative estimate of drug-likeness (QED) is 0.708. The van der Waals surface area contributed by atoms with E-state index in [-0.39, 0.29) is 0 Å². The second-order valence-corrected chi connectivity index (χ2v) is 5.38. The predicted molar refractivity (Wildman–Crippen MR) is 67.5 cm³/mol. The molecule has 0 saturated carbocycles. The van der Waals surface area contributed by atoms with Crippen LogP contribution in [0.1, 0.15) is 27.2 Å². The van der Waals surface area contributed by atoms with E-state index >= 15 is 0 Å². The van der Waals surface area contributed by atoms with E-state index in [1.54, 1.807) is 0 Å². The number of hydrazone groups is 1. The molecule has 0 aromatic rings. The zero-order valence-electron chi connectivity index (χ0n) is 10.3. The van der Waals surface area contributed by atoms with Gasteiger partial charge in [0.05, 0.1) is 0 Å². The van der Waals surface area contributed by atoms with Crippen LogP contribution in [-0.4, -0.2) is 22.3 Å². The minimum atomic E-state index is 0.329. The van der Waals surface area contributed by atoms with E-state index in [1.165, 1.54) is 0 Å². The second kappa shape index (κ2) is 3.81. The third-order valence-electron chi connectivity index (χ3n) is 2.71. The summed E-state index contributed by atoms with van der Waals surface area (Å²) in [5.41, 5.74) is 0.329. The Kier molecular flexibility index (Phi) is 2.62. The number of amidine groups is 1. The first kappa shape index (κ1) is 11.0. The Labute approximate surface area is 97.4 Å². The number of hydrogen-bond acceptors (Lipinski definition) is 3. The van der Waals surface area contributed by atoms with Crippen LogP contribution in [0.15, 0.2) is 41.9 Å². The zero-order chi connectivity index (χ0) is 11.8. The van der Waals surface area contributed by atoms with Crippen molar-refractivity contribution in [1.82, 2.24) is 9.91 Å². The highest BCUT2D eigenvalue weighted by molar-refractivity contribution is 5.97. The molecule has 3 nitrogen and oxygen atoms in total. The summed E-state index contributed by atoms with van der Waals surface area (Å²) in [4.78, 5) is 2.02. The fourth-order valence-electron chi connectivity index (χ4n) is 1.66. The summed E-state index contributed by atoms with van der Waals surface area (Å²) in [6.45, 7) is 11.7. The molecule has 2 aliphatic rings. The van der Waals surface area contributed by atoms with Crippen LogP contribution in [0.25, 0.3) is 0 Å². The number of nitrogens with zero attached hydrogens (tertiary/aromatic N) is 3. The first-order valence-corrected chi connectivity index (χ1v) is 5.66. The van der Waals surface area contributed by atoms with E-state index in [0.717, 1.165) is 24.6 Å². The van der Waals surface area contributed by atoms with Crippen molar-refractivity contribution < 1.29 is 0 Å². The number of fused-ring (bicyclic) bond motifs is 1. The molecular formula is C13H19N3. The van der Waals surface area contributed by atoms with Crippen molar-refractivity contribution in [3.05, 3.63) is 36.8 Å². The van der Waals surface area contributed by atoms with Crippen LogP contribution in [0.4, 0.5) is 0 Å². The highest BCUT2D eigenvalue weighted by atomic mass is 15.6. The lowest BCUT2D eigenvalue weighted by Gasteiger charge is -2.24. The molecule has 0 aromatic heterocycles. The molecule has 0 radical (unpaired) electrons. The Morgan fingerprint density at radius 1 is 1.31 bits per heavy atom. The van der Waals surface area contributed by atoms with Crippen LogP contribution < -0.4 is 0 Å². The van der Waals surface area contributed by atoms with Crippen LogP contribution >= 0.6 is 0 Å². The minimum Gasteiger partial charge on any atom is -0.285 e. The van der Waals surface area contributed by atoms with Gasteiger partial charge in [-0.2, -0.15) is 5.10 Å². The number of hydrogen-bond donors (Lipinski definition) is 0. The lowest BCUT2D eigenvalue weighted by atomic mass is 9.92. The average Bonchev–Trinajstić information content (AvgIpc) is 2.53. The molecule has 0 saturated heterocycles. The summed E-state index contributed by atoms with van der Waals surface area (Å²) in [6.07, 6.45) is 9.10. The van der Waals surface area contributed by atoms with Crippen LogP contribution in [0.5, 0.6) is 0 Å². The number of allylic oxidation sites excluding steroid dienone is 2. The summed E-state index contributed by atoms with van der Waals surface area (Å²) in [6, 6.07) is 0. The lowest BCUT2D eigenvalue weighted by Crippen LogP contribution is -2.25. The Morgan fingerprint density at radius 3 is 2.69 bits per heavy atom. The summed E-state index contributed by atoms with van der Waals surface area (Å²) in [5, 5.41) is 6.52. The Bertz CT molecular complexity index is 382. The monoisotopic (exact) mass is 217 g/mol. The van der Waals surface area contributed by atoms with Crippen molar-refractivity contribution in [1.29, 1.82) is 0 Å². The van der Waals surface area contributed by atoms with Crippen molar-refractivity contribution in [2.24, 2.45) is 10.5 Å². The summed E-state index contributed by atoms with van der Waals surface area (Å²) >= 11 is 0. The molecular weight excluding hydrogens is 198 g/mol. The van der Waals surface area contributed by atoms with Crippen molar-refractivity contribution in [3.63, 3.8) is 0 Å². The Balaban J connectivity index is 2.03. The SMILES string of the molecule is C=C1N(CCC(C)(C)C)N=C2C=CC=CN12. The van der Waals surface area contributed by atoms with Crippen molar-refractivity contribution in [2.75, 3.05) is 6.54 Å². The highest BCUT2D eigenvalue weighted by Crippen LogP contribution is 2.25. The maximum absolute atomic E-state index is 4.53. The molecule has 0 amide bonds. The first-order chi connectivity index (χ1) is 7.47. The molecule has 0 atom stereocenters. The van der Waals surface area contributed by atoms with Crippen LogP contribution in [0.3, 0.4) is 0 Å². The molecule has 0 fully saturated rings. The average molecular weight is 217 g/mol.